The van der Waals surface area contributed by atoms with Crippen molar-refractivity contribution in [2.75, 3.05) is 57.4 Å². The molecule has 0 aromatic carbocycles. The minimum absolute atomic E-state index is 0.0770. The van der Waals surface area contributed by atoms with Crippen LogP contribution in [-0.2, 0) is 11.3 Å². The Morgan fingerprint density at radius 3 is 2.44 bits per heavy atom. The summed E-state index contributed by atoms with van der Waals surface area (Å²) < 4.78 is 5.42. The number of piperazine rings is 1. The number of rotatable bonds is 4. The van der Waals surface area contributed by atoms with Gasteiger partial charge >= 0.3 is 0 Å². The van der Waals surface area contributed by atoms with Crippen molar-refractivity contribution in [3.8, 4) is 0 Å². The molecular formula is C20H25N5O2. The highest BCUT2D eigenvalue weighted by atomic mass is 16.5. The lowest BCUT2D eigenvalue weighted by molar-refractivity contribution is 0.0627. The maximum absolute atomic E-state index is 13.1. The normalized spacial score (nSPS) is 18.5. The Kier molecular flexibility index (Phi) is 5.60. The van der Waals surface area contributed by atoms with Gasteiger partial charge < -0.3 is 14.5 Å². The van der Waals surface area contributed by atoms with Gasteiger partial charge in [-0.2, -0.15) is 0 Å². The Balaban J connectivity index is 1.39. The molecule has 2 aromatic heterocycles. The summed E-state index contributed by atoms with van der Waals surface area (Å²) >= 11 is 0. The SMILES string of the molecule is O=C(c1cccnc1N1CCOCC1)N1CCN(Cc2ccncc2)CC1. The van der Waals surface area contributed by atoms with Gasteiger partial charge in [0.25, 0.3) is 5.91 Å². The zero-order valence-electron chi connectivity index (χ0n) is 15.5. The van der Waals surface area contributed by atoms with Crippen LogP contribution in [0.4, 0.5) is 5.82 Å². The van der Waals surface area contributed by atoms with E-state index in [0.29, 0.717) is 18.8 Å². The average Bonchev–Trinajstić information content (AvgIpc) is 2.75. The second kappa shape index (κ2) is 8.45. The Morgan fingerprint density at radius 2 is 1.70 bits per heavy atom. The third-order valence-corrected chi connectivity index (χ3v) is 5.14. The molecule has 2 fully saturated rings. The van der Waals surface area contributed by atoms with Crippen molar-refractivity contribution in [2.24, 2.45) is 0 Å². The standard InChI is InChI=1S/C20H25N5O2/c26-20(18-2-1-5-22-19(18)24-12-14-27-15-13-24)25-10-8-23(9-11-25)16-17-3-6-21-7-4-17/h1-7H,8-16H2. The highest BCUT2D eigenvalue weighted by molar-refractivity contribution is 5.99. The monoisotopic (exact) mass is 367 g/mol. The molecule has 0 saturated carbocycles. The van der Waals surface area contributed by atoms with Crippen LogP contribution >= 0.6 is 0 Å². The summed E-state index contributed by atoms with van der Waals surface area (Å²) in [5.41, 5.74) is 1.95. The van der Waals surface area contributed by atoms with Gasteiger partial charge in [-0.3, -0.25) is 14.7 Å². The van der Waals surface area contributed by atoms with Gasteiger partial charge in [-0.1, -0.05) is 0 Å². The second-order valence-electron chi connectivity index (χ2n) is 6.90. The van der Waals surface area contributed by atoms with E-state index in [1.165, 1.54) is 5.56 Å². The molecule has 2 aliphatic heterocycles. The quantitative estimate of drug-likeness (QED) is 0.811. The molecule has 4 rings (SSSR count). The van der Waals surface area contributed by atoms with Crippen LogP contribution in [0.25, 0.3) is 0 Å². The van der Waals surface area contributed by atoms with E-state index >= 15 is 0 Å². The Morgan fingerprint density at radius 1 is 0.963 bits per heavy atom. The largest absolute Gasteiger partial charge is 0.378 e. The number of ether oxygens (including phenoxy) is 1. The van der Waals surface area contributed by atoms with Gasteiger partial charge in [0.05, 0.1) is 18.8 Å². The molecule has 0 atom stereocenters. The fraction of sp³-hybridized carbons (Fsp3) is 0.450. The van der Waals surface area contributed by atoms with Gasteiger partial charge in [0.2, 0.25) is 0 Å². The van der Waals surface area contributed by atoms with Crippen LogP contribution < -0.4 is 4.90 Å². The summed E-state index contributed by atoms with van der Waals surface area (Å²) in [6.45, 7) is 7.03. The van der Waals surface area contributed by atoms with Crippen molar-refractivity contribution < 1.29 is 9.53 Å². The van der Waals surface area contributed by atoms with Gasteiger partial charge in [0.15, 0.2) is 0 Å². The lowest BCUT2D eigenvalue weighted by atomic mass is 10.1. The molecule has 0 spiro atoms. The lowest BCUT2D eigenvalue weighted by Crippen LogP contribution is -2.48. The number of carbonyl (C=O) groups is 1. The van der Waals surface area contributed by atoms with Crippen molar-refractivity contribution in [1.29, 1.82) is 0 Å². The highest BCUT2D eigenvalue weighted by Gasteiger charge is 2.26. The van der Waals surface area contributed by atoms with E-state index < -0.39 is 0 Å². The van der Waals surface area contributed by atoms with Crippen molar-refractivity contribution in [3.63, 3.8) is 0 Å². The Bertz CT molecular complexity index is 756. The first-order valence-electron chi connectivity index (χ1n) is 9.49. The number of nitrogens with zero attached hydrogens (tertiary/aromatic N) is 5. The van der Waals surface area contributed by atoms with E-state index in [1.54, 1.807) is 6.20 Å². The van der Waals surface area contributed by atoms with Crippen LogP contribution in [0.1, 0.15) is 15.9 Å². The number of anilines is 1. The number of aromatic nitrogens is 2. The van der Waals surface area contributed by atoms with Gasteiger partial charge in [-0.25, -0.2) is 4.98 Å². The number of carbonyl (C=O) groups excluding carboxylic acids is 1. The molecule has 0 N–H and O–H groups in total. The first-order chi connectivity index (χ1) is 13.3. The predicted molar refractivity (Wildman–Crippen MR) is 103 cm³/mol. The van der Waals surface area contributed by atoms with Crippen molar-refractivity contribution in [3.05, 3.63) is 54.0 Å². The molecule has 142 valence electrons. The van der Waals surface area contributed by atoms with E-state index in [-0.39, 0.29) is 5.91 Å². The summed E-state index contributed by atoms with van der Waals surface area (Å²) in [5, 5.41) is 0. The molecule has 0 bridgehead atoms. The summed E-state index contributed by atoms with van der Waals surface area (Å²) in [6, 6.07) is 7.82. The first kappa shape index (κ1) is 17.9. The minimum atomic E-state index is 0.0770. The predicted octanol–water partition coefficient (Wildman–Crippen LogP) is 1.27. The summed E-state index contributed by atoms with van der Waals surface area (Å²) in [6.07, 6.45) is 5.41. The van der Waals surface area contributed by atoms with E-state index in [4.69, 9.17) is 4.74 Å². The van der Waals surface area contributed by atoms with Crippen molar-refractivity contribution >= 4 is 11.7 Å². The van der Waals surface area contributed by atoms with E-state index in [0.717, 1.165) is 51.6 Å². The third-order valence-electron chi connectivity index (χ3n) is 5.14. The van der Waals surface area contributed by atoms with Gasteiger partial charge in [0.1, 0.15) is 5.82 Å². The fourth-order valence-corrected chi connectivity index (χ4v) is 3.62. The topological polar surface area (TPSA) is 61.8 Å². The fourth-order valence-electron chi connectivity index (χ4n) is 3.62. The van der Waals surface area contributed by atoms with Crippen LogP contribution in [0.2, 0.25) is 0 Å². The molecule has 4 heterocycles. The molecule has 0 aliphatic carbocycles. The summed E-state index contributed by atoms with van der Waals surface area (Å²) in [4.78, 5) is 28.2. The number of hydrogen-bond acceptors (Lipinski definition) is 6. The Hall–Kier alpha value is -2.51. The maximum atomic E-state index is 13.1. The number of pyridine rings is 2. The molecule has 7 heteroatoms. The smallest absolute Gasteiger partial charge is 0.257 e. The van der Waals surface area contributed by atoms with Gasteiger partial charge in [0, 0.05) is 64.4 Å². The molecule has 0 unspecified atom stereocenters. The van der Waals surface area contributed by atoms with Crippen LogP contribution in [0.15, 0.2) is 42.9 Å². The van der Waals surface area contributed by atoms with Crippen molar-refractivity contribution in [1.82, 2.24) is 19.8 Å². The summed E-state index contributed by atoms with van der Waals surface area (Å²) in [5.74, 6) is 0.859. The van der Waals surface area contributed by atoms with E-state index in [1.807, 2.05) is 41.6 Å². The zero-order valence-corrected chi connectivity index (χ0v) is 15.5. The lowest BCUT2D eigenvalue weighted by Gasteiger charge is -2.36. The zero-order chi connectivity index (χ0) is 18.5. The molecular weight excluding hydrogens is 342 g/mol. The number of morpholine rings is 1. The number of hydrogen-bond donors (Lipinski definition) is 0. The van der Waals surface area contributed by atoms with Gasteiger partial charge in [-0.15, -0.1) is 0 Å². The second-order valence-corrected chi connectivity index (χ2v) is 6.90. The average molecular weight is 367 g/mol. The molecule has 0 radical (unpaired) electrons. The van der Waals surface area contributed by atoms with Gasteiger partial charge in [-0.05, 0) is 29.8 Å². The molecule has 2 saturated heterocycles. The molecule has 2 aromatic rings. The molecule has 1 amide bonds. The molecule has 27 heavy (non-hydrogen) atoms. The maximum Gasteiger partial charge on any atom is 0.257 e. The van der Waals surface area contributed by atoms with Crippen LogP contribution in [0.3, 0.4) is 0 Å². The third kappa shape index (κ3) is 4.26. The number of amides is 1. The Labute approximate surface area is 159 Å². The van der Waals surface area contributed by atoms with Crippen molar-refractivity contribution in [2.45, 2.75) is 6.54 Å². The first-order valence-corrected chi connectivity index (χ1v) is 9.49. The molecule has 7 nitrogen and oxygen atoms in total. The van der Waals surface area contributed by atoms with Crippen LogP contribution in [0.5, 0.6) is 0 Å². The van der Waals surface area contributed by atoms with Crippen LogP contribution in [-0.4, -0.2) is 78.2 Å². The molecule has 2 aliphatic rings. The summed E-state index contributed by atoms with van der Waals surface area (Å²) in [7, 11) is 0. The van der Waals surface area contributed by atoms with E-state index in [2.05, 4.69) is 19.8 Å². The van der Waals surface area contributed by atoms with E-state index in [9.17, 15) is 4.79 Å². The van der Waals surface area contributed by atoms with Crippen LogP contribution in [0, 0.1) is 0 Å². The highest BCUT2D eigenvalue weighted by Crippen LogP contribution is 2.21. The minimum Gasteiger partial charge on any atom is -0.378 e.